The molecule has 1 aliphatic heterocycles. The molecule has 0 aromatic heterocycles. The van der Waals surface area contributed by atoms with E-state index in [0.717, 1.165) is 31.9 Å². The number of hydrogen-bond donors (Lipinski definition) is 1. The summed E-state index contributed by atoms with van der Waals surface area (Å²) in [4.78, 5) is 4.38. The van der Waals surface area contributed by atoms with Crippen molar-refractivity contribution in [1.29, 1.82) is 0 Å². The second kappa shape index (κ2) is 4.59. The van der Waals surface area contributed by atoms with Crippen LogP contribution in [0.25, 0.3) is 0 Å². The summed E-state index contributed by atoms with van der Waals surface area (Å²) in [5.74, 6) is -0.261. The molecule has 2 N–H and O–H groups in total. The monoisotopic (exact) mass is 287 g/mol. The summed E-state index contributed by atoms with van der Waals surface area (Å²) in [5.41, 5.74) is 7.33. The molecule has 0 radical (unpaired) electrons. The lowest BCUT2D eigenvalue weighted by molar-refractivity contribution is 0.313. The number of rotatable bonds is 1. The number of anilines is 2. The molecule has 1 aromatic rings. The van der Waals surface area contributed by atoms with Crippen LogP contribution in [0, 0.1) is 5.82 Å². The summed E-state index contributed by atoms with van der Waals surface area (Å²) in [6, 6.07) is 3.13. The number of piperazine rings is 1. The Balaban J connectivity index is 2.23. The second-order valence-electron chi connectivity index (χ2n) is 4.12. The first-order valence-corrected chi connectivity index (χ1v) is 6.05. The molecule has 1 heterocycles. The van der Waals surface area contributed by atoms with Crippen LogP contribution in [0.3, 0.4) is 0 Å². The van der Waals surface area contributed by atoms with E-state index in [9.17, 15) is 4.39 Å². The first-order chi connectivity index (χ1) is 7.58. The van der Waals surface area contributed by atoms with E-state index >= 15 is 0 Å². The van der Waals surface area contributed by atoms with Crippen molar-refractivity contribution < 1.29 is 4.39 Å². The number of nitrogens with two attached hydrogens (primary N) is 1. The van der Waals surface area contributed by atoms with Crippen LogP contribution < -0.4 is 10.6 Å². The Labute approximate surface area is 103 Å². The maximum absolute atomic E-state index is 13.5. The molecule has 1 saturated heterocycles. The minimum absolute atomic E-state index is 0.261. The summed E-state index contributed by atoms with van der Waals surface area (Å²) in [6.07, 6.45) is 0. The Morgan fingerprint density at radius 1 is 1.25 bits per heavy atom. The molecule has 1 aliphatic rings. The first kappa shape index (κ1) is 11.7. The Kier molecular flexibility index (Phi) is 3.35. The highest BCUT2D eigenvalue weighted by Gasteiger charge is 2.17. The molecule has 0 atom stereocenters. The smallest absolute Gasteiger partial charge is 0.139 e. The number of nitrogens with zero attached hydrogens (tertiary/aromatic N) is 2. The molecule has 0 spiro atoms. The van der Waals surface area contributed by atoms with E-state index in [1.165, 1.54) is 6.07 Å². The molecule has 3 nitrogen and oxygen atoms in total. The predicted molar refractivity (Wildman–Crippen MR) is 68.2 cm³/mol. The van der Waals surface area contributed by atoms with Gasteiger partial charge in [-0.1, -0.05) is 0 Å². The molecule has 0 amide bonds. The highest BCUT2D eigenvalue weighted by atomic mass is 79.9. The number of hydrogen-bond acceptors (Lipinski definition) is 3. The maximum atomic E-state index is 13.5. The van der Waals surface area contributed by atoms with Crippen LogP contribution in [-0.2, 0) is 0 Å². The van der Waals surface area contributed by atoms with Crippen LogP contribution >= 0.6 is 15.9 Å². The molecule has 0 bridgehead atoms. The zero-order chi connectivity index (χ0) is 11.7. The van der Waals surface area contributed by atoms with Gasteiger partial charge in [0.1, 0.15) is 5.82 Å². The highest BCUT2D eigenvalue weighted by molar-refractivity contribution is 9.10. The highest BCUT2D eigenvalue weighted by Crippen LogP contribution is 2.29. The van der Waals surface area contributed by atoms with Gasteiger partial charge in [0.2, 0.25) is 0 Å². The Morgan fingerprint density at radius 3 is 2.50 bits per heavy atom. The third-order valence-electron chi connectivity index (χ3n) is 2.91. The molecule has 5 heteroatoms. The van der Waals surface area contributed by atoms with Crippen molar-refractivity contribution in [2.45, 2.75) is 0 Å². The zero-order valence-electron chi connectivity index (χ0n) is 9.21. The Hall–Kier alpha value is -0.810. The van der Waals surface area contributed by atoms with Crippen molar-refractivity contribution in [2.75, 3.05) is 43.9 Å². The summed E-state index contributed by atoms with van der Waals surface area (Å²) in [6.45, 7) is 3.75. The number of nitrogen functional groups attached to an aromatic ring is 1. The molecule has 1 fully saturated rings. The van der Waals surface area contributed by atoms with Crippen molar-refractivity contribution in [2.24, 2.45) is 0 Å². The minimum atomic E-state index is -0.261. The third-order valence-corrected chi connectivity index (χ3v) is 3.52. The normalized spacial score (nSPS) is 17.8. The van der Waals surface area contributed by atoms with Crippen LogP contribution in [0.1, 0.15) is 0 Å². The number of halogens is 2. The molecule has 0 aliphatic carbocycles. The molecule has 16 heavy (non-hydrogen) atoms. The topological polar surface area (TPSA) is 32.5 Å². The van der Waals surface area contributed by atoms with E-state index in [0.29, 0.717) is 10.2 Å². The minimum Gasteiger partial charge on any atom is -0.397 e. The van der Waals surface area contributed by atoms with Gasteiger partial charge in [-0.25, -0.2) is 4.39 Å². The lowest BCUT2D eigenvalue weighted by atomic mass is 10.2. The maximum Gasteiger partial charge on any atom is 0.139 e. The average Bonchev–Trinajstić information content (AvgIpc) is 2.25. The summed E-state index contributed by atoms with van der Waals surface area (Å²) < 4.78 is 13.9. The SMILES string of the molecule is CN1CCN(c2cc(F)c(Br)cc2N)CC1. The van der Waals surface area contributed by atoms with Crippen LogP contribution in [0.5, 0.6) is 0 Å². The molecule has 2 rings (SSSR count). The first-order valence-electron chi connectivity index (χ1n) is 5.26. The fourth-order valence-electron chi connectivity index (χ4n) is 1.87. The van der Waals surface area contributed by atoms with Gasteiger partial charge in [0.25, 0.3) is 0 Å². The molecule has 1 aromatic carbocycles. The summed E-state index contributed by atoms with van der Waals surface area (Å²) >= 11 is 3.13. The van der Waals surface area contributed by atoms with Gasteiger partial charge >= 0.3 is 0 Å². The molecule has 88 valence electrons. The lowest BCUT2D eigenvalue weighted by Crippen LogP contribution is -2.44. The Morgan fingerprint density at radius 2 is 1.88 bits per heavy atom. The predicted octanol–water partition coefficient (Wildman–Crippen LogP) is 1.92. The standard InChI is InChI=1S/C11H15BrFN3/c1-15-2-4-16(5-3-15)11-7-9(13)8(12)6-10(11)14/h6-7H,2-5,14H2,1H3. The van der Waals surface area contributed by atoms with Gasteiger partial charge in [0.15, 0.2) is 0 Å². The Bertz CT molecular complexity index is 389. The second-order valence-corrected chi connectivity index (χ2v) is 4.97. The van der Waals surface area contributed by atoms with Crippen LogP contribution in [0.4, 0.5) is 15.8 Å². The van der Waals surface area contributed by atoms with Gasteiger partial charge < -0.3 is 15.5 Å². The van der Waals surface area contributed by atoms with E-state index < -0.39 is 0 Å². The van der Waals surface area contributed by atoms with E-state index in [1.807, 2.05) is 0 Å². The average molecular weight is 288 g/mol. The molecular weight excluding hydrogens is 273 g/mol. The van der Waals surface area contributed by atoms with E-state index in [2.05, 4.69) is 32.8 Å². The quantitative estimate of drug-likeness (QED) is 0.801. The summed E-state index contributed by atoms with van der Waals surface area (Å²) in [5, 5.41) is 0. The van der Waals surface area contributed by atoms with E-state index in [4.69, 9.17) is 5.73 Å². The van der Waals surface area contributed by atoms with Crippen molar-refractivity contribution in [3.8, 4) is 0 Å². The van der Waals surface area contributed by atoms with Crippen LogP contribution in [0.2, 0.25) is 0 Å². The number of likely N-dealkylation sites (N-methyl/N-ethyl adjacent to an activating group) is 1. The summed E-state index contributed by atoms with van der Waals surface area (Å²) in [7, 11) is 2.09. The van der Waals surface area contributed by atoms with E-state index in [-0.39, 0.29) is 5.82 Å². The van der Waals surface area contributed by atoms with Gasteiger partial charge in [-0.05, 0) is 29.0 Å². The molecule has 0 unspecified atom stereocenters. The zero-order valence-corrected chi connectivity index (χ0v) is 10.8. The van der Waals surface area contributed by atoms with Crippen molar-refractivity contribution in [3.05, 3.63) is 22.4 Å². The van der Waals surface area contributed by atoms with Crippen molar-refractivity contribution in [1.82, 2.24) is 4.90 Å². The largest absolute Gasteiger partial charge is 0.397 e. The fourth-order valence-corrected chi connectivity index (χ4v) is 2.23. The number of benzene rings is 1. The molecule has 0 saturated carbocycles. The van der Waals surface area contributed by atoms with Crippen LogP contribution in [0.15, 0.2) is 16.6 Å². The van der Waals surface area contributed by atoms with Crippen LogP contribution in [-0.4, -0.2) is 38.1 Å². The fraction of sp³-hybridized carbons (Fsp3) is 0.455. The molecular formula is C11H15BrFN3. The lowest BCUT2D eigenvalue weighted by Gasteiger charge is -2.34. The van der Waals surface area contributed by atoms with Crippen molar-refractivity contribution >= 4 is 27.3 Å². The van der Waals surface area contributed by atoms with E-state index in [1.54, 1.807) is 6.07 Å². The third kappa shape index (κ3) is 2.30. The van der Waals surface area contributed by atoms with Gasteiger partial charge in [-0.15, -0.1) is 0 Å². The van der Waals surface area contributed by atoms with Gasteiger partial charge in [0.05, 0.1) is 15.8 Å². The van der Waals surface area contributed by atoms with Crippen molar-refractivity contribution in [3.63, 3.8) is 0 Å². The van der Waals surface area contributed by atoms with Gasteiger partial charge in [0, 0.05) is 32.2 Å². The van der Waals surface area contributed by atoms with Gasteiger partial charge in [-0.2, -0.15) is 0 Å². The van der Waals surface area contributed by atoms with Gasteiger partial charge in [-0.3, -0.25) is 0 Å².